The molecule has 1 fully saturated rings. The number of urea groups is 1. The van der Waals surface area contributed by atoms with Crippen molar-refractivity contribution >= 4 is 41.0 Å². The van der Waals surface area contributed by atoms with Crippen molar-refractivity contribution in [2.24, 2.45) is 0 Å². The molecule has 0 radical (unpaired) electrons. The lowest BCUT2D eigenvalue weighted by Gasteiger charge is -2.29. The van der Waals surface area contributed by atoms with Gasteiger partial charge in [0.15, 0.2) is 0 Å². The molecule has 2 aromatic rings. The Morgan fingerprint density at radius 3 is 2.78 bits per heavy atom. The minimum absolute atomic E-state index is 0.188. The molecule has 3 N–H and O–H groups in total. The highest BCUT2D eigenvalue weighted by Crippen LogP contribution is 2.29. The number of nitrogens with zero attached hydrogens (tertiary/aromatic N) is 1. The summed E-state index contributed by atoms with van der Waals surface area (Å²) in [6.07, 6.45) is 0.518. The van der Waals surface area contributed by atoms with Gasteiger partial charge in [-0.25, -0.2) is 4.79 Å². The van der Waals surface area contributed by atoms with Gasteiger partial charge in [0.25, 0.3) is 5.91 Å². The lowest BCUT2D eigenvalue weighted by Crippen LogP contribution is -2.52. The second-order valence-electron chi connectivity index (χ2n) is 7.54. The first-order valence-electron chi connectivity index (χ1n) is 10.0. The second kappa shape index (κ2) is 8.88. The van der Waals surface area contributed by atoms with Crippen LogP contribution < -0.4 is 20.7 Å². The van der Waals surface area contributed by atoms with Crippen LogP contribution >= 0.6 is 11.6 Å². The molecule has 1 unspecified atom stereocenters. The van der Waals surface area contributed by atoms with Crippen LogP contribution in [-0.4, -0.2) is 41.8 Å². The summed E-state index contributed by atoms with van der Waals surface area (Å²) in [6, 6.07) is 9.12. The van der Waals surface area contributed by atoms with Crippen LogP contribution in [0.3, 0.4) is 0 Å². The molecule has 0 aliphatic carbocycles. The fraction of sp³-hybridized carbons (Fsp3) is 0.273. The molecule has 1 saturated heterocycles. The van der Waals surface area contributed by atoms with Gasteiger partial charge in [0.1, 0.15) is 11.8 Å². The van der Waals surface area contributed by atoms with E-state index in [1.165, 1.54) is 12.0 Å². The number of rotatable bonds is 5. The normalized spacial score (nSPS) is 17.6. The van der Waals surface area contributed by atoms with Crippen LogP contribution in [0.15, 0.2) is 36.4 Å². The molecule has 9 nitrogen and oxygen atoms in total. The van der Waals surface area contributed by atoms with Gasteiger partial charge in [-0.1, -0.05) is 23.7 Å². The third-order valence-electron chi connectivity index (χ3n) is 5.46. The van der Waals surface area contributed by atoms with Crippen molar-refractivity contribution in [1.29, 1.82) is 0 Å². The molecule has 4 rings (SSSR count). The zero-order chi connectivity index (χ0) is 22.8. The molecule has 0 bridgehead atoms. The summed E-state index contributed by atoms with van der Waals surface area (Å²) < 4.78 is 5.21. The third-order valence-corrected chi connectivity index (χ3v) is 5.69. The van der Waals surface area contributed by atoms with Crippen molar-refractivity contribution in [1.82, 2.24) is 15.5 Å². The summed E-state index contributed by atoms with van der Waals surface area (Å²) in [4.78, 5) is 50.2. The monoisotopic (exact) mass is 456 g/mol. The van der Waals surface area contributed by atoms with E-state index in [4.69, 9.17) is 16.3 Å². The van der Waals surface area contributed by atoms with Crippen molar-refractivity contribution in [3.8, 4) is 5.75 Å². The number of fused-ring (bicyclic) bond motifs is 1. The number of carbonyl (C=O) groups excluding carboxylic acids is 4. The molecule has 166 valence electrons. The first-order chi connectivity index (χ1) is 15.4. The highest BCUT2D eigenvalue weighted by atomic mass is 35.5. The molecule has 0 saturated carbocycles. The van der Waals surface area contributed by atoms with Crippen LogP contribution in [-0.2, 0) is 22.7 Å². The number of hydrogen-bond acceptors (Lipinski definition) is 5. The van der Waals surface area contributed by atoms with E-state index >= 15 is 0 Å². The molecule has 2 heterocycles. The van der Waals surface area contributed by atoms with Gasteiger partial charge in [0.2, 0.25) is 11.8 Å². The number of carbonyl (C=O) groups is 4. The van der Waals surface area contributed by atoms with E-state index in [1.54, 1.807) is 24.3 Å². The molecular formula is C22H21ClN4O5. The Morgan fingerprint density at radius 1 is 1.22 bits per heavy atom. The average Bonchev–Trinajstić information content (AvgIpc) is 3.08. The van der Waals surface area contributed by atoms with E-state index in [0.717, 1.165) is 11.1 Å². The SMILES string of the molecule is COc1ccc(Cl)cc1NC(=O)NCc1ccc2c(c1)C(=O)N(C1CCC(=O)NC1=O)C2. The Labute approximate surface area is 189 Å². The van der Waals surface area contributed by atoms with E-state index in [2.05, 4.69) is 16.0 Å². The molecule has 2 aliphatic heterocycles. The zero-order valence-corrected chi connectivity index (χ0v) is 18.0. The zero-order valence-electron chi connectivity index (χ0n) is 17.2. The Kier molecular flexibility index (Phi) is 6.00. The van der Waals surface area contributed by atoms with Crippen molar-refractivity contribution in [3.63, 3.8) is 0 Å². The van der Waals surface area contributed by atoms with Crippen LogP contribution in [0.25, 0.3) is 0 Å². The highest BCUT2D eigenvalue weighted by Gasteiger charge is 2.39. The first kappa shape index (κ1) is 21.6. The number of imide groups is 1. The first-order valence-corrected chi connectivity index (χ1v) is 10.4. The number of halogens is 1. The van der Waals surface area contributed by atoms with Crippen molar-refractivity contribution < 1.29 is 23.9 Å². The molecule has 2 aliphatic rings. The predicted molar refractivity (Wildman–Crippen MR) is 116 cm³/mol. The van der Waals surface area contributed by atoms with E-state index in [-0.39, 0.29) is 24.8 Å². The van der Waals surface area contributed by atoms with Gasteiger partial charge in [-0.3, -0.25) is 19.7 Å². The van der Waals surface area contributed by atoms with E-state index < -0.39 is 18.0 Å². The number of amides is 5. The van der Waals surface area contributed by atoms with Crippen LogP contribution in [0.5, 0.6) is 5.75 Å². The largest absolute Gasteiger partial charge is 0.495 e. The van der Waals surface area contributed by atoms with E-state index in [9.17, 15) is 19.2 Å². The van der Waals surface area contributed by atoms with Crippen LogP contribution in [0.1, 0.15) is 34.3 Å². The molecule has 0 spiro atoms. The summed E-state index contributed by atoms with van der Waals surface area (Å²) >= 11 is 5.98. The van der Waals surface area contributed by atoms with E-state index in [0.29, 0.717) is 35.0 Å². The summed E-state index contributed by atoms with van der Waals surface area (Å²) in [5.74, 6) is -0.555. The van der Waals surface area contributed by atoms with Crippen LogP contribution in [0.2, 0.25) is 5.02 Å². The topological polar surface area (TPSA) is 117 Å². The number of ether oxygens (including phenoxy) is 1. The fourth-order valence-electron chi connectivity index (χ4n) is 3.84. The number of piperidine rings is 1. The average molecular weight is 457 g/mol. The Bertz CT molecular complexity index is 1120. The minimum Gasteiger partial charge on any atom is -0.495 e. The number of methoxy groups -OCH3 is 1. The van der Waals surface area contributed by atoms with Gasteiger partial charge in [-0.15, -0.1) is 0 Å². The number of hydrogen-bond donors (Lipinski definition) is 3. The van der Waals surface area contributed by atoms with Crippen molar-refractivity contribution in [3.05, 3.63) is 58.1 Å². The lowest BCUT2D eigenvalue weighted by molar-refractivity contribution is -0.136. The van der Waals surface area contributed by atoms with E-state index in [1.807, 2.05) is 12.1 Å². The summed E-state index contributed by atoms with van der Waals surface area (Å²) in [6.45, 7) is 0.497. The third kappa shape index (κ3) is 4.38. The van der Waals surface area contributed by atoms with Gasteiger partial charge in [0, 0.05) is 30.1 Å². The molecule has 1 atom stereocenters. The van der Waals surface area contributed by atoms with Gasteiger partial charge in [-0.05, 0) is 41.8 Å². The summed E-state index contributed by atoms with van der Waals surface area (Å²) in [5.41, 5.74) is 2.46. The van der Waals surface area contributed by atoms with Crippen LogP contribution in [0, 0.1) is 0 Å². The van der Waals surface area contributed by atoms with Crippen molar-refractivity contribution in [2.45, 2.75) is 32.0 Å². The summed E-state index contributed by atoms with van der Waals surface area (Å²) in [7, 11) is 1.49. The molecule has 32 heavy (non-hydrogen) atoms. The van der Waals surface area contributed by atoms with Gasteiger partial charge in [0.05, 0.1) is 12.8 Å². The maximum atomic E-state index is 12.9. The maximum Gasteiger partial charge on any atom is 0.319 e. The summed E-state index contributed by atoms with van der Waals surface area (Å²) in [5, 5.41) is 8.16. The molecule has 0 aromatic heterocycles. The molecule has 5 amide bonds. The maximum absolute atomic E-state index is 12.9. The smallest absolute Gasteiger partial charge is 0.319 e. The Hall–Kier alpha value is -3.59. The molecule has 10 heteroatoms. The Morgan fingerprint density at radius 2 is 2.03 bits per heavy atom. The minimum atomic E-state index is -0.660. The lowest BCUT2D eigenvalue weighted by atomic mass is 10.0. The van der Waals surface area contributed by atoms with Crippen molar-refractivity contribution in [2.75, 3.05) is 12.4 Å². The second-order valence-corrected chi connectivity index (χ2v) is 7.98. The predicted octanol–water partition coefficient (Wildman–Crippen LogP) is 2.43. The fourth-order valence-corrected chi connectivity index (χ4v) is 4.01. The van der Waals surface area contributed by atoms with Gasteiger partial charge < -0.3 is 20.3 Å². The van der Waals surface area contributed by atoms with Gasteiger partial charge >= 0.3 is 6.03 Å². The quantitative estimate of drug-likeness (QED) is 0.597. The molecular weight excluding hydrogens is 436 g/mol. The highest BCUT2D eigenvalue weighted by molar-refractivity contribution is 6.31. The number of benzene rings is 2. The number of anilines is 1. The molecule has 2 aromatic carbocycles. The van der Waals surface area contributed by atoms with Gasteiger partial charge in [-0.2, -0.15) is 0 Å². The Balaban J connectivity index is 1.40. The van der Waals surface area contributed by atoms with Crippen LogP contribution in [0.4, 0.5) is 10.5 Å². The standard InChI is InChI=1S/C22H21ClN4O5/c1-32-18-6-4-14(23)9-16(18)25-22(31)24-10-12-2-3-13-11-27(21(30)15(13)8-12)17-5-7-19(28)26-20(17)29/h2-4,6,8-9,17H,5,7,10-11H2,1H3,(H2,24,25,31)(H,26,28,29). The number of nitrogens with one attached hydrogen (secondary N) is 3.